The summed E-state index contributed by atoms with van der Waals surface area (Å²) >= 11 is 1.72. The van der Waals surface area contributed by atoms with Crippen molar-refractivity contribution in [2.45, 2.75) is 0 Å². The molecule has 3 heteroatoms. The summed E-state index contributed by atoms with van der Waals surface area (Å²) in [5.41, 5.74) is 1.10. The predicted molar refractivity (Wildman–Crippen MR) is 41.8 cm³/mol. The highest BCUT2D eigenvalue weighted by Crippen LogP contribution is 2.16. The lowest BCUT2D eigenvalue weighted by atomic mass is 10.4. The van der Waals surface area contributed by atoms with Crippen molar-refractivity contribution in [1.82, 2.24) is 11.1 Å². The standard InChI is InChI=1S/C7H5NS.N/c1-2-7-6(8-4-1)3-5-9-7;/h1-5H;. The van der Waals surface area contributed by atoms with E-state index in [4.69, 9.17) is 0 Å². The molecule has 0 unspecified atom stereocenters. The zero-order chi connectivity index (χ0) is 6.10. The fraction of sp³-hybridized carbons (Fsp3) is 0. The van der Waals surface area contributed by atoms with E-state index in [9.17, 15) is 0 Å². The molecular formula is C7H5N2S. The van der Waals surface area contributed by atoms with Gasteiger partial charge in [0, 0.05) is 12.3 Å². The lowest BCUT2D eigenvalue weighted by Gasteiger charge is -1.81. The number of nitrogens with zero attached hydrogens (tertiary/aromatic N) is 2. The monoisotopic (exact) mass is 149 g/mol. The molecule has 0 N–H and O–H groups in total. The first-order chi connectivity index (χ1) is 4.47. The quantitative estimate of drug-likeness (QED) is 0.563. The number of rotatable bonds is 0. The van der Waals surface area contributed by atoms with Crippen molar-refractivity contribution in [1.29, 1.82) is 0 Å². The molecule has 0 atom stereocenters. The number of aromatic nitrogens is 1. The van der Waals surface area contributed by atoms with Crippen LogP contribution in [0.4, 0.5) is 0 Å². The van der Waals surface area contributed by atoms with Gasteiger partial charge < -0.3 is 0 Å². The Balaban J connectivity index is 0.000000500. The first kappa shape index (κ1) is 7.18. The summed E-state index contributed by atoms with van der Waals surface area (Å²) in [4.78, 5) is 4.15. The molecule has 0 fully saturated rings. The molecule has 0 aliphatic carbocycles. The van der Waals surface area contributed by atoms with Crippen molar-refractivity contribution < 1.29 is 0 Å². The Labute approximate surface area is 63.1 Å². The Hall–Kier alpha value is -0.930. The van der Waals surface area contributed by atoms with E-state index in [-0.39, 0.29) is 6.15 Å². The van der Waals surface area contributed by atoms with Gasteiger partial charge in [-0.05, 0) is 23.6 Å². The van der Waals surface area contributed by atoms with Gasteiger partial charge >= 0.3 is 0 Å². The van der Waals surface area contributed by atoms with E-state index in [1.165, 1.54) is 4.70 Å². The molecule has 0 saturated heterocycles. The summed E-state index contributed by atoms with van der Waals surface area (Å²) in [6.45, 7) is 0. The Bertz CT molecular complexity index is 286. The molecule has 0 amide bonds. The van der Waals surface area contributed by atoms with Crippen molar-refractivity contribution in [3.05, 3.63) is 29.8 Å². The Kier molecular flexibility index (Phi) is 1.99. The number of fused-ring (bicyclic) bond motifs is 1. The van der Waals surface area contributed by atoms with Gasteiger partial charge in [0.05, 0.1) is 10.2 Å². The molecule has 49 valence electrons. The summed E-state index contributed by atoms with van der Waals surface area (Å²) in [5, 5.41) is 2.05. The highest BCUT2D eigenvalue weighted by Gasteiger charge is 1.89. The van der Waals surface area contributed by atoms with E-state index in [0.29, 0.717) is 0 Å². The molecule has 0 aliphatic rings. The van der Waals surface area contributed by atoms with Crippen LogP contribution in [0.1, 0.15) is 0 Å². The normalized spacial score (nSPS) is 9.20. The summed E-state index contributed by atoms with van der Waals surface area (Å²) in [7, 11) is 0. The van der Waals surface area contributed by atoms with Crippen LogP contribution < -0.4 is 6.15 Å². The van der Waals surface area contributed by atoms with Crippen molar-refractivity contribution in [2.75, 3.05) is 0 Å². The fourth-order valence-electron chi connectivity index (χ4n) is 0.799. The van der Waals surface area contributed by atoms with Crippen molar-refractivity contribution >= 4 is 21.6 Å². The Morgan fingerprint density at radius 3 is 3.00 bits per heavy atom. The van der Waals surface area contributed by atoms with Crippen molar-refractivity contribution in [3.63, 3.8) is 0 Å². The molecular weight excluding hydrogens is 144 g/mol. The highest BCUT2D eigenvalue weighted by atomic mass is 32.1. The fourth-order valence-corrected chi connectivity index (χ4v) is 1.54. The van der Waals surface area contributed by atoms with Gasteiger partial charge in [0.1, 0.15) is 0 Å². The number of hydrogen-bond acceptors (Lipinski definition) is 2. The molecule has 2 aromatic heterocycles. The minimum Gasteiger partial charge on any atom is -0.255 e. The smallest absolute Gasteiger partial charge is 0.0809 e. The van der Waals surface area contributed by atoms with Crippen LogP contribution in [-0.4, -0.2) is 4.98 Å². The second kappa shape index (κ2) is 2.77. The van der Waals surface area contributed by atoms with Crippen LogP contribution >= 0.6 is 11.3 Å². The van der Waals surface area contributed by atoms with Gasteiger partial charge in [0.15, 0.2) is 0 Å². The zero-order valence-corrected chi connectivity index (χ0v) is 6.01. The van der Waals surface area contributed by atoms with Crippen LogP contribution in [0, 0.1) is 0 Å². The molecule has 3 radical (unpaired) electrons. The second-order valence-corrected chi connectivity index (χ2v) is 2.76. The zero-order valence-electron chi connectivity index (χ0n) is 5.19. The Morgan fingerprint density at radius 2 is 2.20 bits per heavy atom. The average Bonchev–Trinajstić information content (AvgIpc) is 2.33. The van der Waals surface area contributed by atoms with Crippen LogP contribution in [0.25, 0.3) is 10.2 Å². The molecule has 0 aromatic carbocycles. The maximum atomic E-state index is 4.15. The van der Waals surface area contributed by atoms with Crippen LogP contribution in [0.3, 0.4) is 0 Å². The second-order valence-electron chi connectivity index (χ2n) is 1.81. The third kappa shape index (κ3) is 1.01. The van der Waals surface area contributed by atoms with Gasteiger partial charge in [-0.15, -0.1) is 11.3 Å². The summed E-state index contributed by atoms with van der Waals surface area (Å²) in [6.07, 6.45) is 1.81. The number of thiophene rings is 1. The maximum absolute atomic E-state index is 4.15. The summed E-state index contributed by atoms with van der Waals surface area (Å²) in [5.74, 6) is 0. The summed E-state index contributed by atoms with van der Waals surface area (Å²) in [6, 6.07) is 6.06. The van der Waals surface area contributed by atoms with E-state index in [0.717, 1.165) is 5.52 Å². The van der Waals surface area contributed by atoms with E-state index >= 15 is 0 Å². The van der Waals surface area contributed by atoms with Crippen molar-refractivity contribution in [2.24, 2.45) is 0 Å². The molecule has 2 rings (SSSR count). The lowest BCUT2D eigenvalue weighted by Crippen LogP contribution is -1.65. The third-order valence-corrected chi connectivity index (χ3v) is 2.09. The van der Waals surface area contributed by atoms with Gasteiger partial charge in [-0.25, -0.2) is 0 Å². The molecule has 0 bridgehead atoms. The van der Waals surface area contributed by atoms with E-state index in [2.05, 4.69) is 16.4 Å². The number of pyridine rings is 1. The van der Waals surface area contributed by atoms with E-state index in [1.54, 1.807) is 11.3 Å². The molecule has 2 heterocycles. The van der Waals surface area contributed by atoms with Gasteiger partial charge in [0.2, 0.25) is 0 Å². The minimum atomic E-state index is 0. The molecule has 2 aromatic rings. The third-order valence-electron chi connectivity index (χ3n) is 1.22. The van der Waals surface area contributed by atoms with E-state index in [1.807, 2.05) is 18.3 Å². The lowest BCUT2D eigenvalue weighted by molar-refractivity contribution is 1.43. The van der Waals surface area contributed by atoms with Crippen LogP contribution in [-0.2, 0) is 0 Å². The number of hydrogen-bond donors (Lipinski definition) is 0. The van der Waals surface area contributed by atoms with Crippen LogP contribution in [0.2, 0.25) is 0 Å². The Morgan fingerprint density at radius 1 is 1.30 bits per heavy atom. The molecule has 0 spiro atoms. The highest BCUT2D eigenvalue weighted by molar-refractivity contribution is 7.17. The molecule has 2 nitrogen and oxygen atoms in total. The maximum Gasteiger partial charge on any atom is 0.0809 e. The van der Waals surface area contributed by atoms with Crippen LogP contribution in [0.15, 0.2) is 29.8 Å². The summed E-state index contributed by atoms with van der Waals surface area (Å²) < 4.78 is 1.26. The molecule has 0 aliphatic heterocycles. The van der Waals surface area contributed by atoms with E-state index < -0.39 is 0 Å². The molecule has 0 saturated carbocycles. The SMILES string of the molecule is [N].c1cnc2ccsc2c1. The van der Waals surface area contributed by atoms with Crippen LogP contribution in [0.5, 0.6) is 0 Å². The minimum absolute atomic E-state index is 0. The van der Waals surface area contributed by atoms with Crippen molar-refractivity contribution in [3.8, 4) is 0 Å². The van der Waals surface area contributed by atoms with Gasteiger partial charge in [0.25, 0.3) is 0 Å². The predicted octanol–water partition coefficient (Wildman–Crippen LogP) is 1.82. The molecule has 10 heavy (non-hydrogen) atoms. The van der Waals surface area contributed by atoms with Gasteiger partial charge in [-0.1, -0.05) is 0 Å². The van der Waals surface area contributed by atoms with Gasteiger partial charge in [-0.2, -0.15) is 0 Å². The average molecular weight is 149 g/mol. The van der Waals surface area contributed by atoms with Gasteiger partial charge in [-0.3, -0.25) is 4.98 Å². The topological polar surface area (TPSA) is 43.4 Å². The first-order valence-corrected chi connectivity index (χ1v) is 3.63. The largest absolute Gasteiger partial charge is 0.255 e. The first-order valence-electron chi connectivity index (χ1n) is 2.75.